The standard InChI is InChI=1S/C26H26N2O6/c1-15-11-16(2)24(22(12-15)28(32)33)25(30)23(29)13-27-26(31)34-14-21-19-9-5-3-7-17(19)18-8-4-6-10-20(18)21/h3-12,21,23,25,29-30H,13-14H2,1-2H3,(H,27,31). The molecule has 3 aromatic carbocycles. The monoisotopic (exact) mass is 462 g/mol. The molecule has 0 spiro atoms. The minimum atomic E-state index is -1.55. The lowest BCUT2D eigenvalue weighted by Gasteiger charge is -2.21. The van der Waals surface area contributed by atoms with Crippen LogP contribution < -0.4 is 5.32 Å². The van der Waals surface area contributed by atoms with E-state index in [2.05, 4.69) is 5.32 Å². The maximum atomic E-state index is 12.3. The smallest absolute Gasteiger partial charge is 0.407 e. The number of carbonyl (C=O) groups excluding carboxylic acids is 1. The number of hydrogen-bond donors (Lipinski definition) is 3. The molecule has 0 radical (unpaired) electrons. The Labute approximate surface area is 197 Å². The van der Waals surface area contributed by atoms with E-state index in [1.165, 1.54) is 6.07 Å². The maximum absolute atomic E-state index is 12.3. The number of nitrogens with zero attached hydrogens (tertiary/aromatic N) is 1. The van der Waals surface area contributed by atoms with Crippen LogP contribution in [-0.2, 0) is 4.74 Å². The number of rotatable bonds is 7. The molecule has 8 heteroatoms. The van der Waals surface area contributed by atoms with Crippen LogP contribution in [0.5, 0.6) is 0 Å². The van der Waals surface area contributed by atoms with Gasteiger partial charge < -0.3 is 20.3 Å². The number of nitro benzene ring substituents is 1. The Balaban J connectivity index is 1.39. The van der Waals surface area contributed by atoms with Gasteiger partial charge in [0.25, 0.3) is 5.69 Å². The van der Waals surface area contributed by atoms with Gasteiger partial charge in [-0.1, -0.05) is 54.6 Å². The predicted molar refractivity (Wildman–Crippen MR) is 127 cm³/mol. The third-order valence-corrected chi connectivity index (χ3v) is 6.17. The topological polar surface area (TPSA) is 122 Å². The lowest BCUT2D eigenvalue weighted by Crippen LogP contribution is -2.36. The molecule has 0 fully saturated rings. The zero-order chi connectivity index (χ0) is 24.4. The largest absolute Gasteiger partial charge is 0.449 e. The number of amides is 1. The Morgan fingerprint density at radius 2 is 1.65 bits per heavy atom. The second-order valence-electron chi connectivity index (χ2n) is 8.49. The number of alkyl carbamates (subject to hydrolysis) is 1. The van der Waals surface area contributed by atoms with E-state index in [0.29, 0.717) is 11.1 Å². The number of ether oxygens (including phenoxy) is 1. The second-order valence-corrected chi connectivity index (χ2v) is 8.49. The summed E-state index contributed by atoms with van der Waals surface area (Å²) in [5.41, 5.74) is 5.29. The highest BCUT2D eigenvalue weighted by Gasteiger charge is 2.31. The third-order valence-electron chi connectivity index (χ3n) is 6.17. The molecule has 1 aliphatic carbocycles. The molecule has 8 nitrogen and oxygen atoms in total. The Bertz CT molecular complexity index is 1200. The molecule has 0 aromatic heterocycles. The Morgan fingerprint density at radius 1 is 1.06 bits per heavy atom. The van der Waals surface area contributed by atoms with Gasteiger partial charge in [0.1, 0.15) is 18.8 Å². The van der Waals surface area contributed by atoms with Crippen LogP contribution in [0.4, 0.5) is 10.5 Å². The van der Waals surface area contributed by atoms with Crippen LogP contribution >= 0.6 is 0 Å². The zero-order valence-electron chi connectivity index (χ0n) is 18.9. The van der Waals surface area contributed by atoms with Crippen molar-refractivity contribution in [2.45, 2.75) is 32.0 Å². The van der Waals surface area contributed by atoms with Gasteiger partial charge in [0.15, 0.2) is 0 Å². The highest BCUT2D eigenvalue weighted by atomic mass is 16.6. The molecule has 0 bridgehead atoms. The summed E-state index contributed by atoms with van der Waals surface area (Å²) in [6, 6.07) is 19.0. The van der Waals surface area contributed by atoms with Crippen LogP contribution in [0.2, 0.25) is 0 Å². The molecule has 0 heterocycles. The first-order chi connectivity index (χ1) is 16.3. The van der Waals surface area contributed by atoms with Crippen molar-refractivity contribution in [2.75, 3.05) is 13.2 Å². The van der Waals surface area contributed by atoms with Gasteiger partial charge in [-0.15, -0.1) is 0 Å². The SMILES string of the molecule is Cc1cc(C)c(C(O)C(O)CNC(=O)OCC2c3ccccc3-c3ccccc32)c([N+](=O)[O-])c1. The zero-order valence-corrected chi connectivity index (χ0v) is 18.9. The van der Waals surface area contributed by atoms with Gasteiger partial charge in [-0.05, 0) is 47.2 Å². The van der Waals surface area contributed by atoms with Crippen molar-refractivity contribution in [3.05, 3.63) is 98.6 Å². The minimum Gasteiger partial charge on any atom is -0.449 e. The fraction of sp³-hybridized carbons (Fsp3) is 0.269. The number of carbonyl (C=O) groups is 1. The van der Waals surface area contributed by atoms with Crippen LogP contribution in [0, 0.1) is 24.0 Å². The number of nitrogens with one attached hydrogen (secondary N) is 1. The van der Waals surface area contributed by atoms with Crippen LogP contribution in [0.15, 0.2) is 60.7 Å². The summed E-state index contributed by atoms with van der Waals surface area (Å²) in [7, 11) is 0. The van der Waals surface area contributed by atoms with Gasteiger partial charge >= 0.3 is 6.09 Å². The summed E-state index contributed by atoms with van der Waals surface area (Å²) < 4.78 is 5.43. The number of aliphatic hydroxyl groups is 2. The first-order valence-electron chi connectivity index (χ1n) is 11.0. The fourth-order valence-corrected chi connectivity index (χ4v) is 4.63. The van der Waals surface area contributed by atoms with Gasteiger partial charge in [0.2, 0.25) is 0 Å². The van der Waals surface area contributed by atoms with Gasteiger partial charge in [-0.3, -0.25) is 10.1 Å². The quantitative estimate of drug-likeness (QED) is 0.358. The molecule has 0 saturated carbocycles. The second kappa shape index (κ2) is 9.62. The van der Waals surface area contributed by atoms with Crippen molar-refractivity contribution < 1.29 is 24.7 Å². The van der Waals surface area contributed by atoms with E-state index in [4.69, 9.17) is 4.74 Å². The summed E-state index contributed by atoms with van der Waals surface area (Å²) in [4.78, 5) is 23.2. The van der Waals surface area contributed by atoms with Gasteiger partial charge in [-0.25, -0.2) is 4.79 Å². The van der Waals surface area contributed by atoms with E-state index < -0.39 is 23.2 Å². The number of aliphatic hydroxyl groups excluding tert-OH is 2. The molecule has 34 heavy (non-hydrogen) atoms. The molecule has 4 rings (SSSR count). The summed E-state index contributed by atoms with van der Waals surface area (Å²) in [5.74, 6) is -0.105. The minimum absolute atomic E-state index is 0.0254. The predicted octanol–water partition coefficient (Wildman–Crippen LogP) is 4.14. The first-order valence-corrected chi connectivity index (χ1v) is 11.0. The highest BCUT2D eigenvalue weighted by molar-refractivity contribution is 5.79. The Hall–Kier alpha value is -3.75. The Kier molecular flexibility index (Phi) is 6.63. The number of fused-ring (bicyclic) bond motifs is 3. The molecule has 2 unspecified atom stereocenters. The maximum Gasteiger partial charge on any atom is 0.407 e. The molecule has 1 amide bonds. The van der Waals surface area contributed by atoms with E-state index in [9.17, 15) is 25.1 Å². The summed E-state index contributed by atoms with van der Waals surface area (Å²) >= 11 is 0. The molecular formula is C26H26N2O6. The van der Waals surface area contributed by atoms with Crippen LogP contribution in [0.3, 0.4) is 0 Å². The van der Waals surface area contributed by atoms with E-state index in [1.807, 2.05) is 48.5 Å². The van der Waals surface area contributed by atoms with Gasteiger partial charge in [0.05, 0.1) is 10.5 Å². The summed E-state index contributed by atoms with van der Waals surface area (Å²) in [6.45, 7) is 3.12. The van der Waals surface area contributed by atoms with Gasteiger partial charge in [-0.2, -0.15) is 0 Å². The first kappa shape index (κ1) is 23.4. The molecule has 3 aromatic rings. The van der Waals surface area contributed by atoms with Crippen molar-refractivity contribution >= 4 is 11.8 Å². The number of hydrogen-bond acceptors (Lipinski definition) is 6. The molecule has 0 aliphatic heterocycles. The average molecular weight is 463 g/mol. The Morgan fingerprint density at radius 3 is 2.24 bits per heavy atom. The highest BCUT2D eigenvalue weighted by Crippen LogP contribution is 2.44. The van der Waals surface area contributed by atoms with Crippen LogP contribution in [0.25, 0.3) is 11.1 Å². The van der Waals surface area contributed by atoms with E-state index in [-0.39, 0.29) is 30.3 Å². The molecule has 176 valence electrons. The normalized spacial score (nSPS) is 14.1. The summed E-state index contributed by atoms with van der Waals surface area (Å²) in [5, 5.41) is 34.9. The number of aryl methyl sites for hydroxylation is 2. The van der Waals surface area contributed by atoms with Gasteiger partial charge in [0, 0.05) is 18.5 Å². The third kappa shape index (κ3) is 4.50. The lowest BCUT2D eigenvalue weighted by atomic mass is 9.95. The van der Waals surface area contributed by atoms with Crippen LogP contribution in [-0.4, -0.2) is 40.5 Å². The van der Waals surface area contributed by atoms with E-state index in [0.717, 1.165) is 22.3 Å². The van der Waals surface area contributed by atoms with Crippen molar-refractivity contribution in [1.82, 2.24) is 5.32 Å². The number of nitro groups is 1. The molecular weight excluding hydrogens is 436 g/mol. The van der Waals surface area contributed by atoms with Crippen molar-refractivity contribution in [3.63, 3.8) is 0 Å². The van der Waals surface area contributed by atoms with Crippen molar-refractivity contribution in [3.8, 4) is 11.1 Å². The van der Waals surface area contributed by atoms with Crippen molar-refractivity contribution in [2.24, 2.45) is 0 Å². The van der Waals surface area contributed by atoms with Crippen molar-refractivity contribution in [1.29, 1.82) is 0 Å². The lowest BCUT2D eigenvalue weighted by molar-refractivity contribution is -0.386. The molecule has 1 aliphatic rings. The number of benzene rings is 3. The summed E-state index contributed by atoms with van der Waals surface area (Å²) in [6.07, 6.45) is -3.75. The van der Waals surface area contributed by atoms with Crippen LogP contribution in [0.1, 0.15) is 39.8 Å². The fourth-order valence-electron chi connectivity index (χ4n) is 4.63. The molecule has 3 N–H and O–H groups in total. The van der Waals surface area contributed by atoms with E-state index >= 15 is 0 Å². The van der Waals surface area contributed by atoms with E-state index in [1.54, 1.807) is 19.9 Å². The average Bonchev–Trinajstić information content (AvgIpc) is 3.14. The molecule has 0 saturated heterocycles. The molecule has 2 atom stereocenters.